The van der Waals surface area contributed by atoms with Crippen molar-refractivity contribution < 1.29 is 9.59 Å². The first kappa shape index (κ1) is 22.0. The number of carbonyl (C=O) groups excluding carboxylic acids is 2. The predicted octanol–water partition coefficient (Wildman–Crippen LogP) is 5.50. The van der Waals surface area contributed by atoms with Gasteiger partial charge in [0.05, 0.1) is 23.2 Å². The number of benzene rings is 3. The van der Waals surface area contributed by atoms with Crippen LogP contribution < -0.4 is 10.0 Å². The second-order valence-electron chi connectivity index (χ2n) is 8.46. The van der Waals surface area contributed by atoms with Gasteiger partial charge in [-0.3, -0.25) is 9.59 Å². The van der Waals surface area contributed by atoms with Crippen LogP contribution in [0.5, 0.6) is 0 Å². The van der Waals surface area contributed by atoms with Crippen molar-refractivity contribution in [2.24, 2.45) is 22.0 Å². The average molecular weight is 471 g/mol. The Bertz CT molecular complexity index is 1230. The van der Waals surface area contributed by atoms with Crippen LogP contribution in [0.2, 0.25) is 5.02 Å². The fourth-order valence-corrected chi connectivity index (χ4v) is 5.05. The quantitative estimate of drug-likeness (QED) is 0.494. The Kier molecular flexibility index (Phi) is 5.75. The van der Waals surface area contributed by atoms with Crippen molar-refractivity contribution in [1.29, 1.82) is 0 Å². The molecule has 2 heterocycles. The van der Waals surface area contributed by atoms with Crippen molar-refractivity contribution in [3.8, 4) is 0 Å². The lowest BCUT2D eigenvalue weighted by molar-refractivity contribution is -0.122. The number of nitrogens with zero attached hydrogens (tertiary/aromatic N) is 4. The summed E-state index contributed by atoms with van der Waals surface area (Å²) in [5.41, 5.74) is 3.37. The average Bonchev–Trinajstić information content (AvgIpc) is 3.32. The van der Waals surface area contributed by atoms with E-state index in [-0.39, 0.29) is 11.8 Å². The van der Waals surface area contributed by atoms with Crippen LogP contribution in [0.3, 0.4) is 0 Å². The standard InChI is InChI=1S/C27H23ClN4O2/c1-17-23(26(33)31(29-17)19-11-5-3-6-12-19)25(21-15-9-10-16-22(21)28)24-18(2)30-32(27(24)34)20-13-7-4-8-14-20/h3-16,23-25H,1-2H3. The fraction of sp³-hybridized carbons (Fsp3) is 0.185. The summed E-state index contributed by atoms with van der Waals surface area (Å²) >= 11 is 6.64. The maximum atomic E-state index is 13.8. The Balaban J connectivity index is 1.59. The zero-order valence-electron chi connectivity index (χ0n) is 18.8. The third-order valence-corrected chi connectivity index (χ3v) is 6.69. The Morgan fingerprint density at radius 2 is 1.09 bits per heavy atom. The lowest BCUT2D eigenvalue weighted by atomic mass is 9.73. The van der Waals surface area contributed by atoms with E-state index in [0.29, 0.717) is 27.8 Å². The minimum atomic E-state index is -0.657. The van der Waals surface area contributed by atoms with Crippen LogP contribution >= 0.6 is 11.6 Å². The summed E-state index contributed by atoms with van der Waals surface area (Å²) in [6.45, 7) is 3.66. The highest BCUT2D eigenvalue weighted by molar-refractivity contribution is 6.31. The molecule has 0 radical (unpaired) electrons. The summed E-state index contributed by atoms with van der Waals surface area (Å²) in [5, 5.41) is 12.5. The van der Waals surface area contributed by atoms with Gasteiger partial charge in [0.15, 0.2) is 0 Å². The molecule has 5 rings (SSSR count). The van der Waals surface area contributed by atoms with E-state index < -0.39 is 17.8 Å². The third-order valence-electron chi connectivity index (χ3n) is 6.35. The first-order valence-electron chi connectivity index (χ1n) is 11.1. The summed E-state index contributed by atoms with van der Waals surface area (Å²) in [6.07, 6.45) is 0. The number of amides is 2. The molecule has 0 bridgehead atoms. The van der Waals surface area contributed by atoms with Crippen molar-refractivity contribution >= 4 is 46.2 Å². The van der Waals surface area contributed by atoms with Crippen LogP contribution in [0.1, 0.15) is 25.3 Å². The van der Waals surface area contributed by atoms with Crippen molar-refractivity contribution in [3.63, 3.8) is 0 Å². The number of anilines is 2. The van der Waals surface area contributed by atoms with Crippen LogP contribution in [0.25, 0.3) is 0 Å². The Labute approximate surface area is 203 Å². The molecule has 7 heteroatoms. The van der Waals surface area contributed by atoms with Crippen LogP contribution in [-0.4, -0.2) is 23.2 Å². The zero-order chi connectivity index (χ0) is 23.8. The maximum absolute atomic E-state index is 13.8. The van der Waals surface area contributed by atoms with Gasteiger partial charge in [-0.1, -0.05) is 66.2 Å². The predicted molar refractivity (Wildman–Crippen MR) is 135 cm³/mol. The van der Waals surface area contributed by atoms with Gasteiger partial charge in [-0.2, -0.15) is 10.2 Å². The third kappa shape index (κ3) is 3.70. The van der Waals surface area contributed by atoms with E-state index in [9.17, 15) is 9.59 Å². The maximum Gasteiger partial charge on any atom is 0.256 e. The molecule has 6 nitrogen and oxygen atoms in total. The monoisotopic (exact) mass is 470 g/mol. The van der Waals surface area contributed by atoms with Gasteiger partial charge >= 0.3 is 0 Å². The van der Waals surface area contributed by atoms with Gasteiger partial charge in [0.25, 0.3) is 11.8 Å². The Morgan fingerprint density at radius 1 is 0.676 bits per heavy atom. The van der Waals surface area contributed by atoms with Crippen LogP contribution in [0.15, 0.2) is 95.1 Å². The van der Waals surface area contributed by atoms with E-state index in [2.05, 4.69) is 10.2 Å². The van der Waals surface area contributed by atoms with E-state index in [4.69, 9.17) is 11.6 Å². The Morgan fingerprint density at radius 3 is 1.53 bits per heavy atom. The summed E-state index contributed by atoms with van der Waals surface area (Å²) in [7, 11) is 0. The minimum absolute atomic E-state index is 0.188. The molecule has 2 aliphatic heterocycles. The summed E-state index contributed by atoms with van der Waals surface area (Å²) in [6, 6.07) is 26.0. The first-order valence-corrected chi connectivity index (χ1v) is 11.5. The molecule has 0 saturated carbocycles. The number of halogens is 1. The zero-order valence-corrected chi connectivity index (χ0v) is 19.6. The van der Waals surface area contributed by atoms with Gasteiger partial charge in [0, 0.05) is 22.4 Å². The van der Waals surface area contributed by atoms with Gasteiger partial charge < -0.3 is 0 Å². The molecule has 0 saturated heterocycles. The molecular formula is C27H23ClN4O2. The molecule has 3 aromatic rings. The minimum Gasteiger partial charge on any atom is -0.272 e. The number of para-hydroxylation sites is 2. The number of rotatable bonds is 5. The molecule has 0 aromatic heterocycles. The summed E-state index contributed by atoms with van der Waals surface area (Å²) in [5.74, 6) is -2.24. The molecule has 170 valence electrons. The highest BCUT2D eigenvalue weighted by atomic mass is 35.5. The molecule has 3 aromatic carbocycles. The highest BCUT2D eigenvalue weighted by Crippen LogP contribution is 2.44. The van der Waals surface area contributed by atoms with Crippen molar-refractivity contribution in [2.75, 3.05) is 10.0 Å². The molecule has 0 aliphatic carbocycles. The molecule has 2 unspecified atom stereocenters. The van der Waals surface area contributed by atoms with Crippen molar-refractivity contribution in [2.45, 2.75) is 19.8 Å². The van der Waals surface area contributed by atoms with E-state index >= 15 is 0 Å². The van der Waals surface area contributed by atoms with Crippen LogP contribution in [0, 0.1) is 11.8 Å². The number of hydrogen-bond donors (Lipinski definition) is 0. The summed E-state index contributed by atoms with van der Waals surface area (Å²) in [4.78, 5) is 27.5. The van der Waals surface area contributed by atoms with Gasteiger partial charge in [0.1, 0.15) is 0 Å². The van der Waals surface area contributed by atoms with E-state index in [0.717, 1.165) is 5.56 Å². The lowest BCUT2D eigenvalue weighted by Gasteiger charge is -2.29. The summed E-state index contributed by atoms with van der Waals surface area (Å²) < 4.78 is 0. The number of carbonyl (C=O) groups is 2. The molecule has 2 amide bonds. The molecular weight excluding hydrogens is 448 g/mol. The molecule has 2 atom stereocenters. The van der Waals surface area contributed by atoms with Gasteiger partial charge in [0.2, 0.25) is 0 Å². The molecule has 2 aliphatic rings. The smallest absolute Gasteiger partial charge is 0.256 e. The number of hydrazone groups is 2. The highest BCUT2D eigenvalue weighted by Gasteiger charge is 2.50. The first-order chi connectivity index (χ1) is 16.5. The van der Waals surface area contributed by atoms with Gasteiger partial charge in [-0.15, -0.1) is 0 Å². The Hall–Kier alpha value is -3.77. The molecule has 0 N–H and O–H groups in total. The molecule has 34 heavy (non-hydrogen) atoms. The normalized spacial score (nSPS) is 21.0. The van der Waals surface area contributed by atoms with Crippen molar-refractivity contribution in [3.05, 3.63) is 95.5 Å². The fourth-order valence-electron chi connectivity index (χ4n) is 4.79. The molecule has 0 fully saturated rings. The van der Waals surface area contributed by atoms with Crippen LogP contribution in [0.4, 0.5) is 11.4 Å². The largest absolute Gasteiger partial charge is 0.272 e. The van der Waals surface area contributed by atoms with Crippen LogP contribution in [-0.2, 0) is 9.59 Å². The van der Waals surface area contributed by atoms with E-state index in [1.807, 2.05) is 92.7 Å². The second kappa shape index (κ2) is 8.88. The number of hydrogen-bond acceptors (Lipinski definition) is 4. The van der Waals surface area contributed by atoms with E-state index in [1.165, 1.54) is 10.0 Å². The lowest BCUT2D eigenvalue weighted by Crippen LogP contribution is -2.40. The van der Waals surface area contributed by atoms with Gasteiger partial charge in [-0.05, 0) is 49.7 Å². The second-order valence-corrected chi connectivity index (χ2v) is 8.86. The van der Waals surface area contributed by atoms with E-state index in [1.54, 1.807) is 6.07 Å². The topological polar surface area (TPSA) is 65.3 Å². The molecule has 0 spiro atoms. The SMILES string of the molecule is CC1=NN(c2ccccc2)C(=O)C1C(c1ccccc1Cl)C1C(=O)N(c2ccccc2)N=C1C. The van der Waals surface area contributed by atoms with Gasteiger partial charge in [-0.25, -0.2) is 10.0 Å². The van der Waals surface area contributed by atoms with Crippen molar-refractivity contribution in [1.82, 2.24) is 0 Å².